The summed E-state index contributed by atoms with van der Waals surface area (Å²) in [6, 6.07) is 0. The summed E-state index contributed by atoms with van der Waals surface area (Å²) in [7, 11) is 0. The molecular formula is C11H14O4. The predicted octanol–water partition coefficient (Wildman–Crippen LogP) is 1.37. The summed E-state index contributed by atoms with van der Waals surface area (Å²) in [6.07, 6.45) is 3.91. The van der Waals surface area contributed by atoms with E-state index in [-0.39, 0.29) is 12.2 Å². The molecule has 0 aliphatic heterocycles. The van der Waals surface area contributed by atoms with E-state index >= 15 is 0 Å². The number of ether oxygens (including phenoxy) is 2. The molecule has 0 heterocycles. The highest BCUT2D eigenvalue weighted by atomic mass is 16.6. The highest BCUT2D eigenvalue weighted by Crippen LogP contribution is 2.24. The molecule has 0 aromatic heterocycles. The number of hydrogen-bond donors (Lipinski definition) is 0. The van der Waals surface area contributed by atoms with Crippen LogP contribution in [0.25, 0.3) is 0 Å². The van der Waals surface area contributed by atoms with Crippen molar-refractivity contribution in [1.82, 2.24) is 0 Å². The summed E-state index contributed by atoms with van der Waals surface area (Å²) >= 11 is 0. The van der Waals surface area contributed by atoms with Gasteiger partial charge < -0.3 is 9.47 Å². The van der Waals surface area contributed by atoms with Crippen molar-refractivity contribution in [3.05, 3.63) is 25.3 Å². The smallest absolute Gasteiger partial charge is 0.330 e. The van der Waals surface area contributed by atoms with Crippen molar-refractivity contribution in [2.75, 3.05) is 0 Å². The van der Waals surface area contributed by atoms with Crippen LogP contribution in [0.4, 0.5) is 0 Å². The fourth-order valence-electron chi connectivity index (χ4n) is 1.54. The molecule has 0 amide bonds. The average molecular weight is 210 g/mol. The predicted molar refractivity (Wildman–Crippen MR) is 54.0 cm³/mol. The van der Waals surface area contributed by atoms with Gasteiger partial charge in [0.25, 0.3) is 0 Å². The zero-order chi connectivity index (χ0) is 11.3. The molecule has 82 valence electrons. The first-order valence-corrected chi connectivity index (χ1v) is 4.81. The van der Waals surface area contributed by atoms with Crippen LogP contribution in [0.2, 0.25) is 0 Å². The third kappa shape index (κ3) is 3.58. The fraction of sp³-hybridized carbons (Fsp3) is 0.455. The first kappa shape index (κ1) is 11.5. The Morgan fingerprint density at radius 1 is 1.00 bits per heavy atom. The Bertz CT molecular complexity index is 254. The molecular weight excluding hydrogens is 196 g/mol. The van der Waals surface area contributed by atoms with Crippen LogP contribution in [-0.2, 0) is 19.1 Å². The Morgan fingerprint density at radius 2 is 1.40 bits per heavy atom. The van der Waals surface area contributed by atoms with Gasteiger partial charge in [0.15, 0.2) is 0 Å². The van der Waals surface area contributed by atoms with Crippen LogP contribution in [0.5, 0.6) is 0 Å². The van der Waals surface area contributed by atoms with E-state index in [4.69, 9.17) is 9.47 Å². The monoisotopic (exact) mass is 210 g/mol. The lowest BCUT2D eigenvalue weighted by atomic mass is 10.3. The third-order valence-electron chi connectivity index (χ3n) is 2.24. The Balaban J connectivity index is 2.32. The largest absolute Gasteiger partial charge is 0.459 e. The molecule has 1 aliphatic carbocycles. The molecule has 2 unspecified atom stereocenters. The third-order valence-corrected chi connectivity index (χ3v) is 2.24. The van der Waals surface area contributed by atoms with Crippen LogP contribution in [-0.4, -0.2) is 24.1 Å². The van der Waals surface area contributed by atoms with Crippen molar-refractivity contribution in [3.8, 4) is 0 Å². The molecule has 4 nitrogen and oxygen atoms in total. The van der Waals surface area contributed by atoms with Crippen LogP contribution < -0.4 is 0 Å². The molecule has 1 saturated carbocycles. The van der Waals surface area contributed by atoms with Crippen LogP contribution in [0.1, 0.15) is 19.3 Å². The van der Waals surface area contributed by atoms with Crippen LogP contribution >= 0.6 is 0 Å². The first-order chi connectivity index (χ1) is 7.15. The van der Waals surface area contributed by atoms with E-state index in [2.05, 4.69) is 13.2 Å². The second-order valence-corrected chi connectivity index (χ2v) is 3.34. The van der Waals surface area contributed by atoms with E-state index in [1.165, 1.54) is 0 Å². The standard InChI is InChI=1S/C11H14O4/c1-3-10(12)14-8-5-6-9(7-8)15-11(13)4-2/h3-4,8-9H,1-2,5-7H2. The fourth-order valence-corrected chi connectivity index (χ4v) is 1.54. The van der Waals surface area contributed by atoms with E-state index in [1.54, 1.807) is 0 Å². The van der Waals surface area contributed by atoms with Gasteiger partial charge in [-0.15, -0.1) is 0 Å². The van der Waals surface area contributed by atoms with Crippen molar-refractivity contribution in [1.29, 1.82) is 0 Å². The van der Waals surface area contributed by atoms with Crippen molar-refractivity contribution in [2.45, 2.75) is 31.5 Å². The lowest BCUT2D eigenvalue weighted by Crippen LogP contribution is -2.17. The highest BCUT2D eigenvalue weighted by molar-refractivity contribution is 5.81. The minimum Gasteiger partial charge on any atom is -0.459 e. The molecule has 15 heavy (non-hydrogen) atoms. The van der Waals surface area contributed by atoms with E-state index in [0.717, 1.165) is 12.2 Å². The summed E-state index contributed by atoms with van der Waals surface area (Å²) in [6.45, 7) is 6.62. The number of rotatable bonds is 4. The highest BCUT2D eigenvalue weighted by Gasteiger charge is 2.29. The Morgan fingerprint density at radius 3 is 1.73 bits per heavy atom. The molecule has 0 bridgehead atoms. The zero-order valence-electron chi connectivity index (χ0n) is 8.48. The van der Waals surface area contributed by atoms with Crippen LogP contribution in [0.3, 0.4) is 0 Å². The lowest BCUT2D eigenvalue weighted by molar-refractivity contribution is -0.145. The Hall–Kier alpha value is -1.58. The lowest BCUT2D eigenvalue weighted by Gasteiger charge is -2.11. The molecule has 0 radical (unpaired) electrons. The van der Waals surface area contributed by atoms with Gasteiger partial charge in [-0.3, -0.25) is 0 Å². The molecule has 0 spiro atoms. The van der Waals surface area contributed by atoms with Gasteiger partial charge >= 0.3 is 11.9 Å². The van der Waals surface area contributed by atoms with E-state index < -0.39 is 11.9 Å². The molecule has 0 saturated heterocycles. The van der Waals surface area contributed by atoms with E-state index in [1.807, 2.05) is 0 Å². The van der Waals surface area contributed by atoms with Crippen LogP contribution in [0.15, 0.2) is 25.3 Å². The minimum absolute atomic E-state index is 0.168. The SMILES string of the molecule is C=CC(=O)OC1CCC(OC(=O)C=C)C1. The second kappa shape index (κ2) is 5.34. The number of hydrogen-bond acceptors (Lipinski definition) is 4. The normalized spacial score (nSPS) is 24.3. The molecule has 1 aliphatic rings. The minimum atomic E-state index is -0.435. The van der Waals surface area contributed by atoms with Gasteiger partial charge in [0, 0.05) is 18.6 Å². The van der Waals surface area contributed by atoms with E-state index in [9.17, 15) is 9.59 Å². The number of carbonyl (C=O) groups is 2. The van der Waals surface area contributed by atoms with E-state index in [0.29, 0.717) is 19.3 Å². The van der Waals surface area contributed by atoms with Gasteiger partial charge in [0.05, 0.1) is 0 Å². The number of esters is 2. The summed E-state index contributed by atoms with van der Waals surface area (Å²) < 4.78 is 10.1. The first-order valence-electron chi connectivity index (χ1n) is 4.81. The van der Waals surface area contributed by atoms with Gasteiger partial charge in [-0.05, 0) is 12.8 Å². The van der Waals surface area contributed by atoms with Crippen LogP contribution in [0, 0.1) is 0 Å². The molecule has 4 heteroatoms. The van der Waals surface area contributed by atoms with Gasteiger partial charge in [0.2, 0.25) is 0 Å². The molecule has 0 aromatic rings. The second-order valence-electron chi connectivity index (χ2n) is 3.34. The van der Waals surface area contributed by atoms with Crippen molar-refractivity contribution >= 4 is 11.9 Å². The van der Waals surface area contributed by atoms with Gasteiger partial charge in [-0.1, -0.05) is 13.2 Å². The number of carbonyl (C=O) groups excluding carboxylic acids is 2. The molecule has 1 fully saturated rings. The van der Waals surface area contributed by atoms with Gasteiger partial charge in [0.1, 0.15) is 12.2 Å². The van der Waals surface area contributed by atoms with Crippen molar-refractivity contribution < 1.29 is 19.1 Å². The Kier molecular flexibility index (Phi) is 4.09. The summed E-state index contributed by atoms with van der Waals surface area (Å²) in [5, 5.41) is 0. The maximum atomic E-state index is 10.9. The maximum absolute atomic E-state index is 10.9. The van der Waals surface area contributed by atoms with Crippen molar-refractivity contribution in [3.63, 3.8) is 0 Å². The van der Waals surface area contributed by atoms with Gasteiger partial charge in [-0.2, -0.15) is 0 Å². The maximum Gasteiger partial charge on any atom is 0.330 e. The summed E-state index contributed by atoms with van der Waals surface area (Å²) in [5.74, 6) is -0.869. The van der Waals surface area contributed by atoms with Gasteiger partial charge in [-0.25, -0.2) is 9.59 Å². The molecule has 0 aromatic carbocycles. The topological polar surface area (TPSA) is 52.6 Å². The molecule has 0 N–H and O–H groups in total. The molecule has 1 rings (SSSR count). The average Bonchev–Trinajstić information content (AvgIpc) is 2.65. The summed E-state index contributed by atoms with van der Waals surface area (Å²) in [5.41, 5.74) is 0. The van der Waals surface area contributed by atoms with Crippen molar-refractivity contribution in [2.24, 2.45) is 0 Å². The quantitative estimate of drug-likeness (QED) is 0.519. The summed E-state index contributed by atoms with van der Waals surface area (Å²) in [4.78, 5) is 21.8. The zero-order valence-corrected chi connectivity index (χ0v) is 8.48. The molecule has 2 atom stereocenters. The Labute approximate surface area is 88.6 Å².